The lowest BCUT2D eigenvalue weighted by Crippen LogP contribution is -2.51. The molecule has 0 bridgehead atoms. The van der Waals surface area contributed by atoms with Crippen LogP contribution in [0.5, 0.6) is 0 Å². The molecule has 0 aromatic heterocycles. The highest BCUT2D eigenvalue weighted by Crippen LogP contribution is 2.41. The molecule has 3 unspecified atom stereocenters. The van der Waals surface area contributed by atoms with Crippen molar-refractivity contribution in [3.05, 3.63) is 71.8 Å². The topological polar surface area (TPSA) is 77.6 Å². The summed E-state index contributed by atoms with van der Waals surface area (Å²) in [7, 11) is -1.02. The first-order valence-electron chi connectivity index (χ1n) is 11.2. The van der Waals surface area contributed by atoms with E-state index in [1.165, 1.54) is 0 Å². The normalized spacial score (nSPS) is 28.6. The number of hydrogen-bond donors (Lipinski definition) is 0. The highest BCUT2D eigenvalue weighted by Gasteiger charge is 2.56. The van der Waals surface area contributed by atoms with Crippen molar-refractivity contribution in [1.82, 2.24) is 4.90 Å². The van der Waals surface area contributed by atoms with Crippen molar-refractivity contribution < 1.29 is 28.4 Å². The zero-order valence-electron chi connectivity index (χ0n) is 17.8. The van der Waals surface area contributed by atoms with E-state index in [-0.39, 0.29) is 31.3 Å². The molecule has 4 atom stereocenters. The molecule has 5 rings (SSSR count). The molecule has 2 heterocycles. The molecule has 2 aliphatic heterocycles. The summed E-state index contributed by atoms with van der Waals surface area (Å²) in [4.78, 5) is 27.1. The molecule has 3 fully saturated rings. The number of hydrogen-bond acceptors (Lipinski definition) is 7. The molecule has 0 radical (unpaired) electrons. The van der Waals surface area contributed by atoms with Crippen LogP contribution >= 0.6 is 0 Å². The Morgan fingerprint density at radius 2 is 1.56 bits per heavy atom. The van der Waals surface area contributed by atoms with Gasteiger partial charge in [0.05, 0.1) is 25.8 Å². The second-order valence-corrected chi connectivity index (χ2v) is 8.52. The van der Waals surface area contributed by atoms with E-state index in [2.05, 4.69) is 0 Å². The Morgan fingerprint density at radius 3 is 2.25 bits per heavy atom. The predicted molar refractivity (Wildman–Crippen MR) is 116 cm³/mol. The summed E-state index contributed by atoms with van der Waals surface area (Å²) >= 11 is 0. The van der Waals surface area contributed by atoms with Gasteiger partial charge >= 0.3 is 19.1 Å². The van der Waals surface area contributed by atoms with Crippen LogP contribution in [0.2, 0.25) is 0 Å². The molecule has 166 valence electrons. The number of benzene rings is 2. The maximum Gasteiger partial charge on any atom is 0.632 e. The minimum Gasteiger partial charge on any atom is -0.496 e. The van der Waals surface area contributed by atoms with Gasteiger partial charge in [0.15, 0.2) is 6.00 Å². The van der Waals surface area contributed by atoms with Crippen molar-refractivity contribution in [3.8, 4) is 0 Å². The molecule has 0 N–H and O–H groups in total. The highest BCUT2D eigenvalue weighted by molar-refractivity contribution is 6.51. The van der Waals surface area contributed by atoms with Crippen molar-refractivity contribution >= 4 is 19.1 Å². The molecule has 8 heteroatoms. The van der Waals surface area contributed by atoms with Gasteiger partial charge in [-0.2, -0.15) is 0 Å². The van der Waals surface area contributed by atoms with Crippen LogP contribution in [0.15, 0.2) is 60.7 Å². The second-order valence-electron chi connectivity index (χ2n) is 8.52. The van der Waals surface area contributed by atoms with Gasteiger partial charge in [-0.05, 0) is 30.4 Å². The Morgan fingerprint density at radius 1 is 0.906 bits per heavy atom. The molecule has 2 saturated heterocycles. The molecule has 1 saturated carbocycles. The largest absolute Gasteiger partial charge is 0.632 e. The number of nitrogens with zero attached hydrogens (tertiary/aromatic N) is 1. The van der Waals surface area contributed by atoms with Crippen molar-refractivity contribution in [2.45, 2.75) is 50.1 Å². The van der Waals surface area contributed by atoms with Crippen LogP contribution in [-0.4, -0.2) is 55.2 Å². The standard InChI is InChI=1S/C24H26BNO6/c27-21-14-26(19-12-7-13-20(19)29-16-17-8-3-1-4-9-17)15-22(28)32-25(31-21)24-23(30-24)18-10-5-2-6-11-18/h1-6,8-11,19-20,23-24H,7,12-16H2/t19?,20-,23?,24?/m1/s1. The van der Waals surface area contributed by atoms with Crippen LogP contribution < -0.4 is 0 Å². The van der Waals surface area contributed by atoms with E-state index >= 15 is 0 Å². The molecule has 7 nitrogen and oxygen atoms in total. The van der Waals surface area contributed by atoms with Crippen LogP contribution in [0, 0.1) is 0 Å². The van der Waals surface area contributed by atoms with E-state index in [4.69, 9.17) is 18.8 Å². The lowest BCUT2D eigenvalue weighted by Gasteiger charge is -2.33. The average molecular weight is 435 g/mol. The third kappa shape index (κ3) is 4.87. The van der Waals surface area contributed by atoms with Crippen LogP contribution in [0.25, 0.3) is 0 Å². The van der Waals surface area contributed by atoms with Crippen LogP contribution in [0.3, 0.4) is 0 Å². The fraction of sp³-hybridized carbons (Fsp3) is 0.417. The number of rotatable bonds is 6. The van der Waals surface area contributed by atoms with Gasteiger partial charge in [-0.25, -0.2) is 0 Å². The van der Waals surface area contributed by atoms with E-state index in [1.807, 2.05) is 65.6 Å². The van der Waals surface area contributed by atoms with Crippen molar-refractivity contribution in [3.63, 3.8) is 0 Å². The molecule has 3 aliphatic rings. The molecule has 0 spiro atoms. The smallest absolute Gasteiger partial charge is 0.496 e. The molecule has 32 heavy (non-hydrogen) atoms. The minimum atomic E-state index is -1.02. The Hall–Kier alpha value is -2.68. The minimum absolute atomic E-state index is 0.0235. The van der Waals surface area contributed by atoms with Gasteiger partial charge in [-0.15, -0.1) is 0 Å². The van der Waals surface area contributed by atoms with Crippen LogP contribution in [-0.2, 0) is 35.0 Å². The van der Waals surface area contributed by atoms with Crippen molar-refractivity contribution in [1.29, 1.82) is 0 Å². The fourth-order valence-corrected chi connectivity index (χ4v) is 4.65. The molecule has 2 aromatic rings. The van der Waals surface area contributed by atoms with Crippen molar-refractivity contribution in [2.24, 2.45) is 0 Å². The fourth-order valence-electron chi connectivity index (χ4n) is 4.65. The lowest BCUT2D eigenvalue weighted by atomic mass is 9.80. The zero-order chi connectivity index (χ0) is 21.9. The second kappa shape index (κ2) is 9.44. The SMILES string of the molecule is O=C1CN(C2CCC[C@H]2OCc2ccccc2)CC(=O)OB(C2OC2c2ccccc2)O1. The van der Waals surface area contributed by atoms with E-state index in [9.17, 15) is 9.59 Å². The highest BCUT2D eigenvalue weighted by atomic mass is 16.7. The lowest BCUT2D eigenvalue weighted by molar-refractivity contribution is -0.149. The van der Waals surface area contributed by atoms with E-state index in [0.717, 1.165) is 30.4 Å². The van der Waals surface area contributed by atoms with Gasteiger partial charge in [0.1, 0.15) is 6.10 Å². The van der Waals surface area contributed by atoms with Crippen LogP contribution in [0.4, 0.5) is 0 Å². The third-order valence-electron chi connectivity index (χ3n) is 6.28. The van der Waals surface area contributed by atoms with Gasteiger partial charge in [0, 0.05) is 6.04 Å². The van der Waals surface area contributed by atoms with Crippen molar-refractivity contribution in [2.75, 3.05) is 13.1 Å². The van der Waals surface area contributed by atoms with Gasteiger partial charge in [-0.1, -0.05) is 60.7 Å². The first-order valence-corrected chi connectivity index (χ1v) is 11.2. The maximum atomic E-state index is 12.6. The van der Waals surface area contributed by atoms with E-state index < -0.39 is 25.1 Å². The molecular formula is C24H26BNO6. The first kappa shape index (κ1) is 21.2. The molecule has 1 aliphatic carbocycles. The summed E-state index contributed by atoms with van der Waals surface area (Å²) in [6, 6.07) is 19.1. The summed E-state index contributed by atoms with van der Waals surface area (Å²) in [5.74, 6) is -0.836. The third-order valence-corrected chi connectivity index (χ3v) is 6.28. The molecule has 2 aromatic carbocycles. The number of ether oxygens (including phenoxy) is 2. The summed E-state index contributed by atoms with van der Waals surface area (Å²) < 4.78 is 22.8. The Kier molecular flexibility index (Phi) is 6.25. The van der Waals surface area contributed by atoms with Crippen LogP contribution in [0.1, 0.15) is 36.5 Å². The first-order chi connectivity index (χ1) is 15.7. The Labute approximate surface area is 187 Å². The van der Waals surface area contributed by atoms with E-state index in [1.54, 1.807) is 0 Å². The molecule has 0 amide bonds. The summed E-state index contributed by atoms with van der Waals surface area (Å²) in [6.45, 7) is 0.571. The Bertz CT molecular complexity index is 922. The Balaban J connectivity index is 1.19. The monoisotopic (exact) mass is 435 g/mol. The number of epoxide rings is 1. The molecular weight excluding hydrogens is 409 g/mol. The number of carbonyl (C=O) groups is 2. The van der Waals surface area contributed by atoms with Gasteiger partial charge in [0.25, 0.3) is 0 Å². The van der Waals surface area contributed by atoms with Gasteiger partial charge in [0.2, 0.25) is 0 Å². The summed E-state index contributed by atoms with van der Waals surface area (Å²) in [6.07, 6.45) is 2.48. The quantitative estimate of drug-likeness (QED) is 0.510. The predicted octanol–water partition coefficient (Wildman–Crippen LogP) is 2.69. The zero-order valence-corrected chi connectivity index (χ0v) is 17.8. The summed E-state index contributed by atoms with van der Waals surface area (Å²) in [5.41, 5.74) is 2.07. The maximum absolute atomic E-state index is 12.6. The van der Waals surface area contributed by atoms with E-state index in [0.29, 0.717) is 6.61 Å². The van der Waals surface area contributed by atoms with Gasteiger partial charge < -0.3 is 18.8 Å². The van der Waals surface area contributed by atoms with Gasteiger partial charge in [-0.3, -0.25) is 14.5 Å². The summed E-state index contributed by atoms with van der Waals surface area (Å²) in [5, 5.41) is 0. The average Bonchev–Trinajstić information content (AvgIpc) is 3.46. The number of carbonyl (C=O) groups excluding carboxylic acids is 2.